The van der Waals surface area contributed by atoms with Crippen molar-refractivity contribution in [3.05, 3.63) is 40.9 Å². The van der Waals surface area contributed by atoms with Crippen molar-refractivity contribution in [2.75, 3.05) is 0 Å². The van der Waals surface area contributed by atoms with E-state index >= 15 is 0 Å². The van der Waals surface area contributed by atoms with Gasteiger partial charge in [-0.25, -0.2) is 4.79 Å². The number of carboxylic acids is 1. The topological polar surface area (TPSA) is 66.4 Å². The van der Waals surface area contributed by atoms with Crippen LogP contribution < -0.4 is 5.32 Å². The summed E-state index contributed by atoms with van der Waals surface area (Å²) in [6, 6.07) is 5.83. The highest BCUT2D eigenvalue weighted by Gasteiger charge is 2.17. The Labute approximate surface area is 116 Å². The van der Waals surface area contributed by atoms with Crippen LogP contribution in [-0.2, 0) is 9.59 Å². The lowest BCUT2D eigenvalue weighted by molar-refractivity contribution is -0.141. The number of nitrogens with one attached hydrogen (secondary N) is 1. The Bertz CT molecular complexity index is 546. The summed E-state index contributed by atoms with van der Waals surface area (Å²) in [7, 11) is 0. The molecular weight excluding hydrogens is 266 g/mol. The van der Waals surface area contributed by atoms with Gasteiger partial charge in [-0.2, -0.15) is 0 Å². The van der Waals surface area contributed by atoms with E-state index in [9.17, 15) is 9.59 Å². The van der Waals surface area contributed by atoms with Crippen LogP contribution in [0.4, 0.5) is 0 Å². The van der Waals surface area contributed by atoms with Gasteiger partial charge in [-0.1, -0.05) is 23.7 Å². The molecule has 0 heterocycles. The number of terminal acetylenes is 1. The molecule has 4 nitrogen and oxygen atoms in total. The molecule has 1 rings (SSSR count). The molecule has 0 fully saturated rings. The minimum absolute atomic E-state index is 0.0634. The van der Waals surface area contributed by atoms with Gasteiger partial charge in [-0.05, 0) is 23.8 Å². The Morgan fingerprint density at radius 2 is 2.26 bits per heavy atom. The Morgan fingerprint density at radius 3 is 2.84 bits per heavy atom. The van der Waals surface area contributed by atoms with Gasteiger partial charge in [0.1, 0.15) is 6.04 Å². The minimum atomic E-state index is -1.16. The van der Waals surface area contributed by atoms with Crippen LogP contribution in [0.1, 0.15) is 12.0 Å². The normalized spacial score (nSPS) is 11.8. The van der Waals surface area contributed by atoms with E-state index in [1.165, 1.54) is 12.2 Å². The van der Waals surface area contributed by atoms with Gasteiger partial charge in [-0.3, -0.25) is 4.79 Å². The molecule has 1 atom stereocenters. The summed E-state index contributed by atoms with van der Waals surface area (Å²) in [5.41, 5.74) is 0.742. The number of halogens is 1. The van der Waals surface area contributed by atoms with Gasteiger partial charge in [0.15, 0.2) is 0 Å². The molecule has 0 aliphatic heterocycles. The lowest BCUT2D eigenvalue weighted by atomic mass is 10.2. The quantitative estimate of drug-likeness (QED) is 0.638. The number of aliphatic carboxylic acids is 1. The number of carbonyl (C=O) groups is 2. The van der Waals surface area contributed by atoms with Crippen LogP contribution in [0.2, 0.25) is 5.02 Å². The summed E-state index contributed by atoms with van der Waals surface area (Å²) >= 11 is 5.79. The van der Waals surface area contributed by atoms with Gasteiger partial charge in [0.25, 0.3) is 0 Å². The third-order valence-corrected chi connectivity index (χ3v) is 2.45. The monoisotopic (exact) mass is 277 g/mol. The molecule has 1 unspecified atom stereocenters. The fraction of sp³-hybridized carbons (Fsp3) is 0.143. The molecule has 0 radical (unpaired) electrons. The zero-order chi connectivity index (χ0) is 14.3. The summed E-state index contributed by atoms with van der Waals surface area (Å²) in [5, 5.41) is 11.7. The van der Waals surface area contributed by atoms with E-state index in [4.69, 9.17) is 23.1 Å². The summed E-state index contributed by atoms with van der Waals surface area (Å²) in [5.74, 6) is 0.509. The maximum atomic E-state index is 11.5. The number of benzene rings is 1. The van der Waals surface area contributed by atoms with Gasteiger partial charge in [0.2, 0.25) is 5.91 Å². The molecular formula is C14H12ClNO3. The maximum Gasteiger partial charge on any atom is 0.327 e. The molecule has 1 amide bonds. The van der Waals surface area contributed by atoms with E-state index in [1.54, 1.807) is 24.3 Å². The molecule has 0 spiro atoms. The SMILES string of the molecule is C#CCC(NC(=O)/C=C/c1cccc(Cl)c1)C(=O)O. The number of hydrogen-bond acceptors (Lipinski definition) is 2. The molecule has 2 N–H and O–H groups in total. The molecule has 5 heteroatoms. The molecule has 0 bridgehead atoms. The molecule has 0 saturated heterocycles. The summed E-state index contributed by atoms with van der Waals surface area (Å²) in [6.07, 6.45) is 7.74. The van der Waals surface area contributed by atoms with Crippen LogP contribution in [0, 0.1) is 12.3 Å². The van der Waals surface area contributed by atoms with E-state index in [1.807, 2.05) is 0 Å². The molecule has 19 heavy (non-hydrogen) atoms. The molecule has 1 aromatic carbocycles. The first kappa shape index (κ1) is 14.8. The van der Waals surface area contributed by atoms with Crippen molar-refractivity contribution in [1.29, 1.82) is 0 Å². The molecule has 0 aliphatic carbocycles. The second-order valence-electron chi connectivity index (χ2n) is 3.70. The predicted octanol–water partition coefficient (Wildman–Crippen LogP) is 1.95. The van der Waals surface area contributed by atoms with Crippen molar-refractivity contribution in [2.45, 2.75) is 12.5 Å². The van der Waals surface area contributed by atoms with E-state index in [0.717, 1.165) is 5.56 Å². The van der Waals surface area contributed by atoms with Crippen LogP contribution in [-0.4, -0.2) is 23.0 Å². The maximum absolute atomic E-state index is 11.5. The van der Waals surface area contributed by atoms with Gasteiger partial charge in [0, 0.05) is 17.5 Å². The average Bonchev–Trinajstić information content (AvgIpc) is 2.36. The number of hydrogen-bond donors (Lipinski definition) is 2. The van der Waals surface area contributed by atoms with Crippen molar-refractivity contribution in [3.8, 4) is 12.3 Å². The number of carbonyl (C=O) groups excluding carboxylic acids is 1. The summed E-state index contributed by atoms with van der Waals surface area (Å²) in [6.45, 7) is 0. The van der Waals surface area contributed by atoms with E-state index in [2.05, 4.69) is 11.2 Å². The van der Waals surface area contributed by atoms with Crippen molar-refractivity contribution < 1.29 is 14.7 Å². The van der Waals surface area contributed by atoms with Crippen LogP contribution in [0.5, 0.6) is 0 Å². The second kappa shape index (κ2) is 7.24. The minimum Gasteiger partial charge on any atom is -0.480 e. The van der Waals surface area contributed by atoms with Gasteiger partial charge in [0.05, 0.1) is 0 Å². The van der Waals surface area contributed by atoms with Gasteiger partial charge in [-0.15, -0.1) is 12.3 Å². The highest BCUT2D eigenvalue weighted by atomic mass is 35.5. The third-order valence-electron chi connectivity index (χ3n) is 2.21. The van der Waals surface area contributed by atoms with Crippen molar-refractivity contribution in [2.24, 2.45) is 0 Å². The average molecular weight is 278 g/mol. The van der Waals surface area contributed by atoms with E-state index in [0.29, 0.717) is 5.02 Å². The van der Waals surface area contributed by atoms with Crippen LogP contribution >= 0.6 is 11.6 Å². The molecule has 0 aromatic heterocycles. The zero-order valence-corrected chi connectivity index (χ0v) is 10.7. The smallest absolute Gasteiger partial charge is 0.327 e. The first-order valence-electron chi connectivity index (χ1n) is 5.43. The molecule has 98 valence electrons. The highest BCUT2D eigenvalue weighted by Crippen LogP contribution is 2.11. The fourth-order valence-corrected chi connectivity index (χ4v) is 1.52. The zero-order valence-electron chi connectivity index (χ0n) is 9.97. The predicted molar refractivity (Wildman–Crippen MR) is 73.5 cm³/mol. The molecule has 0 aliphatic rings. The van der Waals surface area contributed by atoms with Crippen LogP contribution in [0.15, 0.2) is 30.3 Å². The number of carboxylic acid groups (broad SMARTS) is 1. The lowest BCUT2D eigenvalue weighted by Gasteiger charge is -2.09. The summed E-state index contributed by atoms with van der Waals surface area (Å²) < 4.78 is 0. The third kappa shape index (κ3) is 5.28. The highest BCUT2D eigenvalue weighted by molar-refractivity contribution is 6.30. The van der Waals surface area contributed by atoms with Gasteiger partial charge < -0.3 is 10.4 Å². The Kier molecular flexibility index (Phi) is 5.65. The van der Waals surface area contributed by atoms with Crippen LogP contribution in [0.3, 0.4) is 0 Å². The molecule has 1 aromatic rings. The Morgan fingerprint density at radius 1 is 1.53 bits per heavy atom. The van der Waals surface area contributed by atoms with E-state index < -0.39 is 17.9 Å². The van der Waals surface area contributed by atoms with Crippen molar-refractivity contribution >= 4 is 29.6 Å². The van der Waals surface area contributed by atoms with Gasteiger partial charge >= 0.3 is 5.97 Å². The van der Waals surface area contributed by atoms with Crippen LogP contribution in [0.25, 0.3) is 6.08 Å². The first-order chi connectivity index (χ1) is 9.02. The molecule has 0 saturated carbocycles. The Hall–Kier alpha value is -2.25. The van der Waals surface area contributed by atoms with Crippen molar-refractivity contribution in [3.63, 3.8) is 0 Å². The second-order valence-corrected chi connectivity index (χ2v) is 4.13. The standard InChI is InChI=1S/C14H12ClNO3/c1-2-4-12(14(18)19)16-13(17)8-7-10-5-3-6-11(15)9-10/h1,3,5-9,12H,4H2,(H,16,17)(H,18,19)/b8-7+. The number of rotatable bonds is 5. The largest absolute Gasteiger partial charge is 0.480 e. The first-order valence-corrected chi connectivity index (χ1v) is 5.81. The summed E-state index contributed by atoms with van der Waals surface area (Å²) in [4.78, 5) is 22.3. The Balaban J connectivity index is 2.64. The lowest BCUT2D eigenvalue weighted by Crippen LogP contribution is -2.39. The van der Waals surface area contributed by atoms with E-state index in [-0.39, 0.29) is 6.42 Å². The van der Waals surface area contributed by atoms with Crippen molar-refractivity contribution in [1.82, 2.24) is 5.32 Å². The number of amides is 1. The fourth-order valence-electron chi connectivity index (χ4n) is 1.32.